The van der Waals surface area contributed by atoms with Crippen molar-refractivity contribution < 1.29 is 22.8 Å². The predicted octanol–water partition coefficient (Wildman–Crippen LogP) is 3.33. The summed E-state index contributed by atoms with van der Waals surface area (Å²) in [5.41, 5.74) is 0.196. The highest BCUT2D eigenvalue weighted by Gasteiger charge is 2.28. The molecule has 1 aliphatic heterocycles. The summed E-state index contributed by atoms with van der Waals surface area (Å²) < 4.78 is 39.9. The van der Waals surface area contributed by atoms with Gasteiger partial charge in [-0.2, -0.15) is 0 Å². The number of carbonyl (C=O) groups is 2. The number of rotatable bonds is 5. The van der Waals surface area contributed by atoms with Crippen molar-refractivity contribution in [2.45, 2.75) is 31.8 Å². The normalized spacial score (nSPS) is 16.3. The van der Waals surface area contributed by atoms with E-state index in [-0.39, 0.29) is 17.6 Å². The number of likely N-dealkylation sites (tertiary alicyclic amines) is 1. The molecule has 0 saturated carbocycles. The summed E-state index contributed by atoms with van der Waals surface area (Å²) in [6.07, 6.45) is 1.28. The third-order valence-electron chi connectivity index (χ3n) is 5.08. The van der Waals surface area contributed by atoms with Gasteiger partial charge in [-0.05, 0) is 56.2 Å². The SMILES string of the molecule is CC(C(=O)Nc1cc(F)ccc1F)N1CCC(NC(=O)c2ccc(F)cc2)CC1. The molecule has 1 atom stereocenters. The molecule has 5 nitrogen and oxygen atoms in total. The van der Waals surface area contributed by atoms with Crippen LogP contribution in [0.3, 0.4) is 0 Å². The van der Waals surface area contributed by atoms with E-state index in [9.17, 15) is 22.8 Å². The molecule has 1 saturated heterocycles. The van der Waals surface area contributed by atoms with Gasteiger partial charge in [0, 0.05) is 30.8 Å². The molecule has 1 aliphatic rings. The lowest BCUT2D eigenvalue weighted by Crippen LogP contribution is -2.50. The molecule has 154 valence electrons. The van der Waals surface area contributed by atoms with E-state index >= 15 is 0 Å². The molecule has 0 spiro atoms. The molecule has 1 unspecified atom stereocenters. The van der Waals surface area contributed by atoms with Crippen molar-refractivity contribution in [3.05, 3.63) is 65.5 Å². The molecule has 8 heteroatoms. The van der Waals surface area contributed by atoms with Crippen LogP contribution < -0.4 is 10.6 Å². The fourth-order valence-electron chi connectivity index (χ4n) is 3.30. The first kappa shape index (κ1) is 20.9. The zero-order valence-corrected chi connectivity index (χ0v) is 15.9. The summed E-state index contributed by atoms with van der Waals surface area (Å²) in [5.74, 6) is -2.43. The fraction of sp³-hybridized carbons (Fsp3) is 0.333. The van der Waals surface area contributed by atoms with E-state index in [1.165, 1.54) is 24.3 Å². The zero-order chi connectivity index (χ0) is 21.0. The van der Waals surface area contributed by atoms with Crippen LogP contribution in [0.25, 0.3) is 0 Å². The van der Waals surface area contributed by atoms with E-state index in [1.807, 2.05) is 4.90 Å². The number of amides is 2. The van der Waals surface area contributed by atoms with E-state index in [0.29, 0.717) is 31.5 Å². The first-order valence-electron chi connectivity index (χ1n) is 9.40. The molecule has 3 rings (SSSR count). The molecule has 1 fully saturated rings. The van der Waals surface area contributed by atoms with Crippen molar-refractivity contribution in [1.29, 1.82) is 0 Å². The molecular weight excluding hydrogens is 383 g/mol. The summed E-state index contributed by atoms with van der Waals surface area (Å²) in [5, 5.41) is 5.34. The van der Waals surface area contributed by atoms with E-state index in [1.54, 1.807) is 6.92 Å². The molecule has 0 aromatic heterocycles. The lowest BCUT2D eigenvalue weighted by molar-refractivity contribution is -0.121. The second-order valence-corrected chi connectivity index (χ2v) is 7.08. The summed E-state index contributed by atoms with van der Waals surface area (Å²) in [6, 6.07) is 7.63. The standard InChI is InChI=1S/C21H22F3N3O2/c1-13(20(28)26-19-12-16(23)6-7-18(19)24)27-10-8-17(9-11-27)25-21(29)14-2-4-15(22)5-3-14/h2-7,12-13,17H,8-11H2,1H3,(H,25,29)(H,26,28). The number of benzene rings is 2. The minimum Gasteiger partial charge on any atom is -0.349 e. The minimum absolute atomic E-state index is 0.0558. The zero-order valence-electron chi connectivity index (χ0n) is 15.9. The molecule has 0 aliphatic carbocycles. The molecule has 2 aromatic carbocycles. The van der Waals surface area contributed by atoms with Crippen LogP contribution in [0.1, 0.15) is 30.1 Å². The van der Waals surface area contributed by atoms with Gasteiger partial charge in [0.2, 0.25) is 5.91 Å². The van der Waals surface area contributed by atoms with Crippen molar-refractivity contribution in [2.24, 2.45) is 0 Å². The molecule has 29 heavy (non-hydrogen) atoms. The Hall–Kier alpha value is -2.87. The third kappa shape index (κ3) is 5.35. The van der Waals surface area contributed by atoms with Gasteiger partial charge in [0.25, 0.3) is 5.91 Å². The van der Waals surface area contributed by atoms with Gasteiger partial charge in [-0.3, -0.25) is 14.5 Å². The van der Waals surface area contributed by atoms with E-state index < -0.39 is 29.4 Å². The summed E-state index contributed by atoms with van der Waals surface area (Å²) in [4.78, 5) is 26.6. The fourth-order valence-corrected chi connectivity index (χ4v) is 3.30. The highest BCUT2D eigenvalue weighted by molar-refractivity contribution is 5.95. The first-order valence-corrected chi connectivity index (χ1v) is 9.40. The maximum atomic E-state index is 13.7. The Morgan fingerprint density at radius 1 is 1.00 bits per heavy atom. The van der Waals surface area contributed by atoms with Gasteiger partial charge >= 0.3 is 0 Å². The number of carbonyl (C=O) groups excluding carboxylic acids is 2. The average molecular weight is 405 g/mol. The monoisotopic (exact) mass is 405 g/mol. The third-order valence-corrected chi connectivity index (χ3v) is 5.08. The summed E-state index contributed by atoms with van der Waals surface area (Å²) in [6.45, 7) is 2.83. The molecule has 2 amide bonds. The van der Waals surface area contributed by atoms with Crippen molar-refractivity contribution in [1.82, 2.24) is 10.2 Å². The molecule has 0 bridgehead atoms. The highest BCUT2D eigenvalue weighted by atomic mass is 19.1. The molecule has 0 radical (unpaired) electrons. The second kappa shape index (κ2) is 9.09. The molecule has 2 N–H and O–H groups in total. The van der Waals surface area contributed by atoms with E-state index in [2.05, 4.69) is 10.6 Å². The van der Waals surface area contributed by atoms with Gasteiger partial charge in [0.1, 0.15) is 17.5 Å². The number of piperidine rings is 1. The maximum absolute atomic E-state index is 13.7. The van der Waals surface area contributed by atoms with Crippen molar-refractivity contribution >= 4 is 17.5 Å². The van der Waals surface area contributed by atoms with E-state index in [0.717, 1.165) is 18.2 Å². The highest BCUT2D eigenvalue weighted by Crippen LogP contribution is 2.18. The second-order valence-electron chi connectivity index (χ2n) is 7.08. The molecular formula is C21H22F3N3O2. The number of nitrogens with zero attached hydrogens (tertiary/aromatic N) is 1. The number of hydrogen-bond donors (Lipinski definition) is 2. The maximum Gasteiger partial charge on any atom is 0.251 e. The number of hydrogen-bond acceptors (Lipinski definition) is 3. The number of nitrogens with one attached hydrogen (secondary N) is 2. The number of halogens is 3. The number of anilines is 1. The predicted molar refractivity (Wildman–Crippen MR) is 103 cm³/mol. The van der Waals surface area contributed by atoms with Crippen LogP contribution >= 0.6 is 0 Å². The Morgan fingerprint density at radius 2 is 1.62 bits per heavy atom. The van der Waals surface area contributed by atoms with Crippen LogP contribution in [0.15, 0.2) is 42.5 Å². The van der Waals surface area contributed by atoms with Gasteiger partial charge in [-0.1, -0.05) is 0 Å². The lowest BCUT2D eigenvalue weighted by Gasteiger charge is -2.35. The Bertz CT molecular complexity index is 881. The van der Waals surface area contributed by atoms with Crippen LogP contribution in [0.5, 0.6) is 0 Å². The van der Waals surface area contributed by atoms with Crippen molar-refractivity contribution in [3.8, 4) is 0 Å². The smallest absolute Gasteiger partial charge is 0.251 e. The largest absolute Gasteiger partial charge is 0.349 e. The van der Waals surface area contributed by atoms with Crippen molar-refractivity contribution in [2.75, 3.05) is 18.4 Å². The van der Waals surface area contributed by atoms with Crippen LogP contribution in [0.2, 0.25) is 0 Å². The van der Waals surface area contributed by atoms with Gasteiger partial charge in [-0.25, -0.2) is 13.2 Å². The van der Waals surface area contributed by atoms with Crippen LogP contribution in [-0.2, 0) is 4.79 Å². The molecule has 2 aromatic rings. The minimum atomic E-state index is -0.700. The Kier molecular flexibility index (Phi) is 6.53. The lowest BCUT2D eigenvalue weighted by atomic mass is 10.0. The quantitative estimate of drug-likeness (QED) is 0.802. The van der Waals surface area contributed by atoms with Crippen molar-refractivity contribution in [3.63, 3.8) is 0 Å². The summed E-state index contributed by atoms with van der Waals surface area (Å²) in [7, 11) is 0. The Labute approximate surface area is 166 Å². The average Bonchev–Trinajstić information content (AvgIpc) is 2.71. The van der Waals surface area contributed by atoms with Crippen LogP contribution in [-0.4, -0.2) is 41.9 Å². The van der Waals surface area contributed by atoms with Crippen LogP contribution in [0.4, 0.5) is 18.9 Å². The Balaban J connectivity index is 1.50. The van der Waals surface area contributed by atoms with E-state index in [4.69, 9.17) is 0 Å². The van der Waals surface area contributed by atoms with Gasteiger partial charge in [-0.15, -0.1) is 0 Å². The topological polar surface area (TPSA) is 61.4 Å². The molecule has 1 heterocycles. The first-order chi connectivity index (χ1) is 13.8. The van der Waals surface area contributed by atoms with Gasteiger partial charge < -0.3 is 10.6 Å². The van der Waals surface area contributed by atoms with Gasteiger partial charge in [0.15, 0.2) is 0 Å². The van der Waals surface area contributed by atoms with Crippen LogP contribution in [0, 0.1) is 17.5 Å². The Morgan fingerprint density at radius 3 is 2.28 bits per heavy atom. The summed E-state index contributed by atoms with van der Waals surface area (Å²) >= 11 is 0. The van der Waals surface area contributed by atoms with Gasteiger partial charge in [0.05, 0.1) is 11.7 Å².